The molecule has 1 aromatic heterocycles. The molecule has 2 N–H and O–H groups in total. The van der Waals surface area contributed by atoms with Crippen molar-refractivity contribution in [2.45, 2.75) is 6.92 Å². The second-order valence-electron chi connectivity index (χ2n) is 3.98. The third kappa shape index (κ3) is 3.07. The zero-order valence-corrected chi connectivity index (χ0v) is 13.4. The second-order valence-corrected chi connectivity index (χ2v) is 5.81. The van der Waals surface area contributed by atoms with Crippen LogP contribution in [0.2, 0.25) is 0 Å². The number of nitrogens with zero attached hydrogens (tertiary/aromatic N) is 2. The highest BCUT2D eigenvalue weighted by Gasteiger charge is 2.21. The van der Waals surface area contributed by atoms with Crippen molar-refractivity contribution < 1.29 is 9.66 Å². The molecular formula is C12H9Br2N3O3. The number of halogens is 2. The van der Waals surface area contributed by atoms with Crippen LogP contribution in [0.15, 0.2) is 33.3 Å². The number of aryl methyl sites for hydroxylation is 1. The summed E-state index contributed by atoms with van der Waals surface area (Å²) in [5, 5.41) is 11.1. The van der Waals surface area contributed by atoms with Crippen LogP contribution < -0.4 is 10.5 Å². The fourth-order valence-corrected chi connectivity index (χ4v) is 2.51. The summed E-state index contributed by atoms with van der Waals surface area (Å²) in [7, 11) is 0. The van der Waals surface area contributed by atoms with Crippen molar-refractivity contribution in [2.24, 2.45) is 0 Å². The van der Waals surface area contributed by atoms with Gasteiger partial charge in [-0.25, -0.2) is 4.98 Å². The smallest absolute Gasteiger partial charge is 0.313 e. The summed E-state index contributed by atoms with van der Waals surface area (Å²) in [4.78, 5) is 14.6. The van der Waals surface area contributed by atoms with Gasteiger partial charge in [-0.2, -0.15) is 0 Å². The third-order valence-corrected chi connectivity index (χ3v) is 3.35. The Morgan fingerprint density at radius 2 is 2.00 bits per heavy atom. The van der Waals surface area contributed by atoms with Crippen molar-refractivity contribution in [3.63, 3.8) is 0 Å². The Labute approximate surface area is 131 Å². The first-order valence-electron chi connectivity index (χ1n) is 5.42. The molecule has 104 valence electrons. The lowest BCUT2D eigenvalue weighted by Crippen LogP contribution is -2.00. The Hall–Kier alpha value is -1.67. The highest BCUT2D eigenvalue weighted by molar-refractivity contribution is 9.10. The van der Waals surface area contributed by atoms with Crippen molar-refractivity contribution in [1.29, 1.82) is 0 Å². The average molecular weight is 403 g/mol. The van der Waals surface area contributed by atoms with E-state index in [-0.39, 0.29) is 23.0 Å². The van der Waals surface area contributed by atoms with Crippen molar-refractivity contribution in [3.8, 4) is 11.6 Å². The van der Waals surface area contributed by atoms with E-state index in [9.17, 15) is 10.1 Å². The van der Waals surface area contributed by atoms with E-state index in [2.05, 4.69) is 36.8 Å². The molecule has 0 aliphatic rings. The summed E-state index contributed by atoms with van der Waals surface area (Å²) in [6, 6.07) is 4.71. The quantitative estimate of drug-likeness (QED) is 0.613. The predicted molar refractivity (Wildman–Crippen MR) is 82.0 cm³/mol. The number of nitrogen functional groups attached to an aromatic ring is 1. The highest BCUT2D eigenvalue weighted by atomic mass is 79.9. The fourth-order valence-electron chi connectivity index (χ4n) is 1.60. The zero-order valence-electron chi connectivity index (χ0n) is 10.3. The molecule has 0 bridgehead atoms. The number of benzene rings is 1. The van der Waals surface area contributed by atoms with Gasteiger partial charge in [-0.15, -0.1) is 0 Å². The Morgan fingerprint density at radius 1 is 1.30 bits per heavy atom. The van der Waals surface area contributed by atoms with Gasteiger partial charge in [-0.1, -0.05) is 15.9 Å². The second kappa shape index (κ2) is 5.76. The van der Waals surface area contributed by atoms with Crippen LogP contribution in [-0.4, -0.2) is 9.91 Å². The van der Waals surface area contributed by atoms with Gasteiger partial charge in [-0.3, -0.25) is 10.1 Å². The fraction of sp³-hybridized carbons (Fsp3) is 0.0833. The summed E-state index contributed by atoms with van der Waals surface area (Å²) in [6.07, 6.45) is 1.51. The number of ether oxygens (including phenoxy) is 1. The first kappa shape index (κ1) is 14.7. The molecular weight excluding hydrogens is 394 g/mol. The van der Waals surface area contributed by atoms with Crippen molar-refractivity contribution in [2.75, 3.05) is 5.73 Å². The molecule has 0 saturated carbocycles. The van der Waals surface area contributed by atoms with Crippen LogP contribution >= 0.6 is 31.9 Å². The molecule has 2 rings (SSSR count). The van der Waals surface area contributed by atoms with Crippen LogP contribution in [0.5, 0.6) is 11.6 Å². The Morgan fingerprint density at radius 3 is 2.60 bits per heavy atom. The molecule has 0 fully saturated rings. The average Bonchev–Trinajstić information content (AvgIpc) is 2.34. The van der Waals surface area contributed by atoms with Crippen LogP contribution in [-0.2, 0) is 0 Å². The summed E-state index contributed by atoms with van der Waals surface area (Å²) in [5.74, 6) is 0.251. The molecule has 0 amide bonds. The van der Waals surface area contributed by atoms with Crippen molar-refractivity contribution in [3.05, 3.63) is 49.0 Å². The molecule has 0 aliphatic carbocycles. The first-order valence-corrected chi connectivity index (χ1v) is 7.00. The number of hydrogen-bond donors (Lipinski definition) is 1. The highest BCUT2D eigenvalue weighted by Crippen LogP contribution is 2.38. The maximum absolute atomic E-state index is 11.1. The number of hydrogen-bond acceptors (Lipinski definition) is 5. The lowest BCUT2D eigenvalue weighted by molar-refractivity contribution is -0.385. The van der Waals surface area contributed by atoms with Gasteiger partial charge in [0.15, 0.2) is 0 Å². The summed E-state index contributed by atoms with van der Waals surface area (Å²) in [5.41, 5.74) is 6.52. The van der Waals surface area contributed by atoms with E-state index in [0.29, 0.717) is 14.5 Å². The molecule has 20 heavy (non-hydrogen) atoms. The first-order chi connectivity index (χ1) is 9.38. The zero-order chi connectivity index (χ0) is 14.9. The molecule has 0 unspecified atom stereocenters. The van der Waals surface area contributed by atoms with E-state index in [1.165, 1.54) is 12.3 Å². The molecule has 2 aromatic rings. The molecule has 0 spiro atoms. The number of nitro benzene ring substituents is 1. The van der Waals surface area contributed by atoms with E-state index in [1.54, 1.807) is 19.1 Å². The molecule has 6 nitrogen and oxygen atoms in total. The molecule has 0 radical (unpaired) electrons. The van der Waals surface area contributed by atoms with E-state index in [1.807, 2.05) is 0 Å². The number of pyridine rings is 1. The van der Waals surface area contributed by atoms with Gasteiger partial charge < -0.3 is 10.5 Å². The lowest BCUT2D eigenvalue weighted by Gasteiger charge is -2.10. The van der Waals surface area contributed by atoms with Crippen LogP contribution in [0.1, 0.15) is 5.56 Å². The topological polar surface area (TPSA) is 91.3 Å². The molecule has 8 heteroatoms. The van der Waals surface area contributed by atoms with E-state index >= 15 is 0 Å². The number of rotatable bonds is 3. The SMILES string of the molecule is Cc1cc(Br)cc([N+](=O)[O-])c1Oc1ncc(Br)cc1N. The van der Waals surface area contributed by atoms with Crippen molar-refractivity contribution >= 4 is 43.2 Å². The van der Waals surface area contributed by atoms with Crippen LogP contribution in [0.4, 0.5) is 11.4 Å². The molecule has 1 aromatic carbocycles. The summed E-state index contributed by atoms with van der Waals surface area (Å²) < 4.78 is 6.82. The van der Waals surface area contributed by atoms with E-state index in [4.69, 9.17) is 10.5 Å². The predicted octanol–water partition coefficient (Wildman–Crippen LogP) is 4.20. The minimum Gasteiger partial charge on any atom is -0.429 e. The maximum atomic E-state index is 11.1. The summed E-state index contributed by atoms with van der Waals surface area (Å²) in [6.45, 7) is 1.71. The largest absolute Gasteiger partial charge is 0.429 e. The normalized spacial score (nSPS) is 10.3. The number of nitro groups is 1. The van der Waals surface area contributed by atoms with Crippen molar-refractivity contribution in [1.82, 2.24) is 4.98 Å². The Balaban J connectivity index is 2.50. The van der Waals surface area contributed by atoms with Gasteiger partial charge in [0.05, 0.1) is 10.6 Å². The van der Waals surface area contributed by atoms with Gasteiger partial charge >= 0.3 is 5.69 Å². The minimum absolute atomic E-state index is 0.125. The van der Waals surface area contributed by atoms with Crippen LogP contribution in [0, 0.1) is 17.0 Å². The molecule has 0 atom stereocenters. The Kier molecular flexibility index (Phi) is 4.24. The number of nitrogens with two attached hydrogens (primary N) is 1. The third-order valence-electron chi connectivity index (χ3n) is 2.46. The van der Waals surface area contributed by atoms with Crippen LogP contribution in [0.3, 0.4) is 0 Å². The van der Waals surface area contributed by atoms with Gasteiger partial charge in [0.25, 0.3) is 0 Å². The van der Waals surface area contributed by atoms with E-state index in [0.717, 1.165) is 0 Å². The lowest BCUT2D eigenvalue weighted by atomic mass is 10.2. The van der Waals surface area contributed by atoms with Gasteiger partial charge in [-0.05, 0) is 35.0 Å². The minimum atomic E-state index is -0.512. The van der Waals surface area contributed by atoms with Gasteiger partial charge in [0.1, 0.15) is 0 Å². The molecule has 0 saturated heterocycles. The monoisotopic (exact) mass is 401 g/mol. The van der Waals surface area contributed by atoms with E-state index < -0.39 is 4.92 Å². The number of anilines is 1. The van der Waals surface area contributed by atoms with Gasteiger partial charge in [0, 0.05) is 26.8 Å². The molecule has 1 heterocycles. The number of aromatic nitrogens is 1. The standard InChI is InChI=1S/C12H9Br2N3O3/c1-6-2-7(13)4-10(17(18)19)11(6)20-12-9(15)3-8(14)5-16-12/h2-5H,15H2,1H3. The Bertz CT molecular complexity index is 692. The van der Waals surface area contributed by atoms with Crippen LogP contribution in [0.25, 0.3) is 0 Å². The summed E-state index contributed by atoms with van der Waals surface area (Å²) >= 11 is 6.45. The maximum Gasteiger partial charge on any atom is 0.313 e. The van der Waals surface area contributed by atoms with Gasteiger partial charge in [0.2, 0.25) is 11.6 Å². The molecule has 0 aliphatic heterocycles.